The molecule has 0 aliphatic carbocycles. The van der Waals surface area contributed by atoms with Crippen LogP contribution in [0.5, 0.6) is 5.75 Å². The average molecular weight is 449 g/mol. The number of ether oxygens (including phenoxy) is 2. The highest BCUT2D eigenvalue weighted by molar-refractivity contribution is 6.45. The van der Waals surface area contributed by atoms with Gasteiger partial charge < -0.3 is 14.4 Å². The van der Waals surface area contributed by atoms with Gasteiger partial charge in [-0.15, -0.1) is 0 Å². The van der Waals surface area contributed by atoms with Gasteiger partial charge in [-0.2, -0.15) is 0 Å². The molecule has 6 heteroatoms. The first-order valence-electron chi connectivity index (χ1n) is 11.5. The van der Waals surface area contributed by atoms with Crippen molar-refractivity contribution >= 4 is 23.1 Å². The van der Waals surface area contributed by atoms with E-state index in [1.807, 2.05) is 88.9 Å². The molecule has 0 bridgehead atoms. The average Bonchev–Trinajstić information content (AvgIpc) is 2.99. The van der Waals surface area contributed by atoms with Crippen molar-refractivity contribution in [3.8, 4) is 5.75 Å². The van der Waals surface area contributed by atoms with Crippen LogP contribution in [0.1, 0.15) is 44.4 Å². The maximum atomic E-state index is 13.8. The molecule has 174 valence electrons. The van der Waals surface area contributed by atoms with Crippen LogP contribution in [-0.2, 0) is 14.3 Å². The molecule has 4 rings (SSSR count). The number of imide groups is 1. The van der Waals surface area contributed by atoms with E-state index >= 15 is 0 Å². The molecule has 0 aromatic heterocycles. The Kier molecular flexibility index (Phi) is 6.30. The largest absolute Gasteiger partial charge is 0.491 e. The molecule has 0 N–H and O–H groups in total. The molecule has 2 unspecified atom stereocenters. The Balaban J connectivity index is 1.82. The van der Waals surface area contributed by atoms with Crippen LogP contribution in [0.2, 0.25) is 0 Å². The van der Waals surface area contributed by atoms with E-state index in [-0.39, 0.29) is 30.1 Å². The van der Waals surface area contributed by atoms with Gasteiger partial charge in [-0.25, -0.2) is 4.90 Å². The van der Waals surface area contributed by atoms with E-state index in [1.165, 1.54) is 4.90 Å². The Bertz CT molecular complexity index is 1090. The zero-order chi connectivity index (χ0) is 23.9. The van der Waals surface area contributed by atoms with Crippen LogP contribution < -0.4 is 9.64 Å². The molecule has 0 saturated carbocycles. The topological polar surface area (TPSA) is 59.1 Å². The standard InChI is InChI=1S/C27H32N2O4/c1-16(2)32-22-11-9-21(10-12-22)24-25(28-14-19(5)33-20(6)15-28)27(31)29(26(24)30)23-13-17(3)7-8-18(23)4/h7-13,16,19-20H,14-15H2,1-6H3. The van der Waals surface area contributed by atoms with E-state index in [9.17, 15) is 9.59 Å². The lowest BCUT2D eigenvalue weighted by Crippen LogP contribution is -2.47. The Labute approximate surface area is 195 Å². The summed E-state index contributed by atoms with van der Waals surface area (Å²) in [5.74, 6) is 0.146. The number of rotatable bonds is 5. The van der Waals surface area contributed by atoms with Gasteiger partial charge in [-0.1, -0.05) is 24.3 Å². The maximum Gasteiger partial charge on any atom is 0.282 e. The van der Waals surface area contributed by atoms with Crippen LogP contribution in [0.4, 0.5) is 5.69 Å². The maximum absolute atomic E-state index is 13.8. The summed E-state index contributed by atoms with van der Waals surface area (Å²) in [7, 11) is 0. The molecule has 2 aliphatic heterocycles. The van der Waals surface area contributed by atoms with Crippen LogP contribution in [0.25, 0.3) is 5.57 Å². The van der Waals surface area contributed by atoms with E-state index in [2.05, 4.69) is 0 Å². The Morgan fingerprint density at radius 1 is 0.939 bits per heavy atom. The van der Waals surface area contributed by atoms with Crippen LogP contribution in [0, 0.1) is 13.8 Å². The second-order valence-electron chi connectivity index (χ2n) is 9.31. The smallest absolute Gasteiger partial charge is 0.282 e. The number of amides is 2. The summed E-state index contributed by atoms with van der Waals surface area (Å²) in [6, 6.07) is 13.2. The molecule has 2 atom stereocenters. The summed E-state index contributed by atoms with van der Waals surface area (Å²) in [4.78, 5) is 31.0. The minimum absolute atomic E-state index is 0.0398. The molecule has 6 nitrogen and oxygen atoms in total. The van der Waals surface area contributed by atoms with E-state index in [1.54, 1.807) is 0 Å². The van der Waals surface area contributed by atoms with Crippen molar-refractivity contribution in [1.82, 2.24) is 4.90 Å². The molecule has 0 radical (unpaired) electrons. The van der Waals surface area contributed by atoms with Crippen molar-refractivity contribution in [2.75, 3.05) is 18.0 Å². The number of carbonyl (C=O) groups is 2. The van der Waals surface area contributed by atoms with Crippen molar-refractivity contribution < 1.29 is 19.1 Å². The summed E-state index contributed by atoms with van der Waals surface area (Å²) in [6.07, 6.45) is -0.0274. The first-order valence-corrected chi connectivity index (χ1v) is 11.5. The van der Waals surface area contributed by atoms with Crippen LogP contribution in [0.3, 0.4) is 0 Å². The number of hydrogen-bond donors (Lipinski definition) is 0. The lowest BCUT2D eigenvalue weighted by Gasteiger charge is -2.37. The third-order valence-corrected chi connectivity index (χ3v) is 5.92. The molecule has 1 fully saturated rings. The highest BCUT2D eigenvalue weighted by Crippen LogP contribution is 2.37. The fraction of sp³-hybridized carbons (Fsp3) is 0.407. The van der Waals surface area contributed by atoms with E-state index in [4.69, 9.17) is 9.47 Å². The Hall–Kier alpha value is -3.12. The normalized spacial score (nSPS) is 21.4. The van der Waals surface area contributed by atoms with Crippen LogP contribution in [-0.4, -0.2) is 48.1 Å². The molecule has 0 spiro atoms. The van der Waals surface area contributed by atoms with Gasteiger partial charge in [0.2, 0.25) is 0 Å². The van der Waals surface area contributed by atoms with Crippen molar-refractivity contribution in [3.05, 3.63) is 64.9 Å². The number of anilines is 1. The number of carbonyl (C=O) groups excluding carboxylic acids is 2. The van der Waals surface area contributed by atoms with Gasteiger partial charge in [0.25, 0.3) is 11.8 Å². The Morgan fingerprint density at radius 2 is 1.58 bits per heavy atom. The van der Waals surface area contributed by atoms with Gasteiger partial charge in [0.05, 0.1) is 29.6 Å². The fourth-order valence-electron chi connectivity index (χ4n) is 4.58. The first-order chi connectivity index (χ1) is 15.7. The van der Waals surface area contributed by atoms with E-state index in [0.29, 0.717) is 35.6 Å². The predicted molar refractivity (Wildman–Crippen MR) is 129 cm³/mol. The SMILES string of the molecule is Cc1ccc(C)c(N2C(=O)C(c3ccc(OC(C)C)cc3)=C(N3CC(C)OC(C)C3)C2=O)c1. The highest BCUT2D eigenvalue weighted by atomic mass is 16.5. The fourth-order valence-corrected chi connectivity index (χ4v) is 4.58. The minimum atomic E-state index is -0.298. The van der Waals surface area contributed by atoms with Gasteiger partial charge in [0, 0.05) is 13.1 Å². The quantitative estimate of drug-likeness (QED) is 0.631. The zero-order valence-electron chi connectivity index (χ0n) is 20.2. The zero-order valence-corrected chi connectivity index (χ0v) is 20.2. The minimum Gasteiger partial charge on any atom is -0.491 e. The van der Waals surface area contributed by atoms with Gasteiger partial charge in [0.15, 0.2) is 0 Å². The summed E-state index contributed by atoms with van der Waals surface area (Å²) in [6.45, 7) is 12.9. The summed E-state index contributed by atoms with van der Waals surface area (Å²) in [5.41, 5.74) is 4.09. The summed E-state index contributed by atoms with van der Waals surface area (Å²) in [5, 5.41) is 0. The van der Waals surface area contributed by atoms with Crippen molar-refractivity contribution in [2.45, 2.75) is 59.9 Å². The molecule has 2 heterocycles. The van der Waals surface area contributed by atoms with E-state index < -0.39 is 0 Å². The van der Waals surface area contributed by atoms with E-state index in [0.717, 1.165) is 16.9 Å². The molecule has 2 aliphatic rings. The Morgan fingerprint density at radius 3 is 2.18 bits per heavy atom. The third-order valence-electron chi connectivity index (χ3n) is 5.92. The second kappa shape index (κ2) is 9.02. The predicted octanol–water partition coefficient (Wildman–Crippen LogP) is 4.48. The van der Waals surface area contributed by atoms with Crippen molar-refractivity contribution in [2.24, 2.45) is 0 Å². The van der Waals surface area contributed by atoms with Crippen LogP contribution in [0.15, 0.2) is 48.2 Å². The number of aryl methyl sites for hydroxylation is 2. The number of nitrogens with zero attached hydrogens (tertiary/aromatic N) is 2. The van der Waals surface area contributed by atoms with Crippen molar-refractivity contribution in [1.29, 1.82) is 0 Å². The molecule has 2 aromatic carbocycles. The molecular formula is C27H32N2O4. The summed E-state index contributed by atoms with van der Waals surface area (Å²) < 4.78 is 11.7. The molecule has 1 saturated heterocycles. The van der Waals surface area contributed by atoms with Gasteiger partial charge in [-0.05, 0) is 76.4 Å². The first kappa shape index (κ1) is 23.1. The highest BCUT2D eigenvalue weighted by Gasteiger charge is 2.44. The molecule has 2 aromatic rings. The number of hydrogen-bond acceptors (Lipinski definition) is 5. The molecule has 33 heavy (non-hydrogen) atoms. The third kappa shape index (κ3) is 4.53. The monoisotopic (exact) mass is 448 g/mol. The van der Waals surface area contributed by atoms with Crippen molar-refractivity contribution in [3.63, 3.8) is 0 Å². The molecule has 2 amide bonds. The summed E-state index contributed by atoms with van der Waals surface area (Å²) >= 11 is 0. The van der Waals surface area contributed by atoms with Gasteiger partial charge in [-0.3, -0.25) is 9.59 Å². The van der Waals surface area contributed by atoms with Gasteiger partial charge in [0.1, 0.15) is 11.4 Å². The lowest BCUT2D eigenvalue weighted by atomic mass is 10.0. The second-order valence-corrected chi connectivity index (χ2v) is 9.31. The molecular weight excluding hydrogens is 416 g/mol. The number of benzene rings is 2. The number of morpholine rings is 1. The van der Waals surface area contributed by atoms with Gasteiger partial charge >= 0.3 is 0 Å². The lowest BCUT2D eigenvalue weighted by molar-refractivity contribution is -0.121. The van der Waals surface area contributed by atoms with Crippen LogP contribution >= 0.6 is 0 Å².